The summed E-state index contributed by atoms with van der Waals surface area (Å²) in [7, 11) is 0. The van der Waals surface area contributed by atoms with Gasteiger partial charge in [0.05, 0.1) is 0 Å². The van der Waals surface area contributed by atoms with E-state index in [2.05, 4.69) is 39.7 Å². The Hall–Kier alpha value is -1.95. The molecule has 2 aromatic heterocycles. The monoisotopic (exact) mass is 273 g/mol. The number of benzene rings is 1. The van der Waals surface area contributed by atoms with Crippen molar-refractivity contribution in [3.63, 3.8) is 0 Å². The van der Waals surface area contributed by atoms with E-state index in [4.69, 9.17) is 0 Å². The van der Waals surface area contributed by atoms with E-state index in [0.29, 0.717) is 0 Å². The highest BCUT2D eigenvalue weighted by atomic mass is 32.1. The van der Waals surface area contributed by atoms with Gasteiger partial charge in [0.1, 0.15) is 5.01 Å². The third kappa shape index (κ3) is 2.58. The minimum Gasteiger partial charge on any atom is -0.385 e. The zero-order valence-electron chi connectivity index (χ0n) is 10.7. The summed E-state index contributed by atoms with van der Waals surface area (Å²) in [6, 6.07) is 10.2. The lowest BCUT2D eigenvalue weighted by Gasteiger charge is -2.03. The number of aromatic nitrogens is 4. The van der Waals surface area contributed by atoms with Crippen LogP contribution < -0.4 is 5.32 Å². The SMILES string of the molecule is CCc1nnc2sc(CCNc3ccccc3)nn12. The molecule has 6 heteroatoms. The topological polar surface area (TPSA) is 55.1 Å². The molecule has 19 heavy (non-hydrogen) atoms. The zero-order valence-corrected chi connectivity index (χ0v) is 11.5. The van der Waals surface area contributed by atoms with Crippen molar-refractivity contribution >= 4 is 22.0 Å². The lowest BCUT2D eigenvalue weighted by molar-refractivity contribution is 0.808. The predicted molar refractivity (Wildman–Crippen MR) is 76.7 cm³/mol. The zero-order chi connectivity index (χ0) is 13.1. The van der Waals surface area contributed by atoms with Crippen LogP contribution in [0.2, 0.25) is 0 Å². The molecule has 1 aromatic carbocycles. The van der Waals surface area contributed by atoms with Crippen molar-refractivity contribution in [1.82, 2.24) is 19.8 Å². The van der Waals surface area contributed by atoms with Crippen LogP contribution in [0.1, 0.15) is 17.8 Å². The first kappa shape index (κ1) is 12.1. The maximum absolute atomic E-state index is 4.54. The molecule has 0 aliphatic heterocycles. The van der Waals surface area contributed by atoms with Crippen molar-refractivity contribution in [1.29, 1.82) is 0 Å². The van der Waals surface area contributed by atoms with Gasteiger partial charge in [0.15, 0.2) is 5.82 Å². The largest absolute Gasteiger partial charge is 0.385 e. The fraction of sp³-hybridized carbons (Fsp3) is 0.308. The number of nitrogens with zero attached hydrogens (tertiary/aromatic N) is 4. The highest BCUT2D eigenvalue weighted by molar-refractivity contribution is 7.16. The number of hydrogen-bond acceptors (Lipinski definition) is 5. The van der Waals surface area contributed by atoms with E-state index in [-0.39, 0.29) is 0 Å². The molecule has 3 rings (SSSR count). The van der Waals surface area contributed by atoms with Crippen LogP contribution in [0, 0.1) is 0 Å². The average molecular weight is 273 g/mol. The first-order valence-corrected chi connectivity index (χ1v) is 7.17. The molecule has 0 fully saturated rings. The van der Waals surface area contributed by atoms with E-state index in [1.807, 2.05) is 22.7 Å². The van der Waals surface area contributed by atoms with Gasteiger partial charge >= 0.3 is 0 Å². The Labute approximate surface area is 115 Å². The molecule has 0 saturated heterocycles. The molecule has 0 bridgehead atoms. The summed E-state index contributed by atoms with van der Waals surface area (Å²) in [4.78, 5) is 0.881. The van der Waals surface area contributed by atoms with Crippen molar-refractivity contribution in [2.45, 2.75) is 19.8 Å². The summed E-state index contributed by atoms with van der Waals surface area (Å²) in [6.07, 6.45) is 1.75. The van der Waals surface area contributed by atoms with Gasteiger partial charge in [0, 0.05) is 25.1 Å². The molecule has 3 aromatic rings. The van der Waals surface area contributed by atoms with E-state index < -0.39 is 0 Å². The number of hydrogen-bond donors (Lipinski definition) is 1. The smallest absolute Gasteiger partial charge is 0.234 e. The van der Waals surface area contributed by atoms with Gasteiger partial charge in [-0.3, -0.25) is 0 Å². The Kier molecular flexibility index (Phi) is 3.41. The lowest BCUT2D eigenvalue weighted by Crippen LogP contribution is -2.05. The highest BCUT2D eigenvalue weighted by Gasteiger charge is 2.09. The molecule has 2 heterocycles. The van der Waals surface area contributed by atoms with Crippen LogP contribution in [0.15, 0.2) is 30.3 Å². The Bertz CT molecular complexity index is 658. The van der Waals surface area contributed by atoms with Crippen molar-refractivity contribution in [2.75, 3.05) is 11.9 Å². The first-order chi connectivity index (χ1) is 9.36. The summed E-state index contributed by atoms with van der Waals surface area (Å²) in [6.45, 7) is 2.93. The number of aryl methyl sites for hydroxylation is 1. The molecule has 5 nitrogen and oxygen atoms in total. The normalized spacial score (nSPS) is 11.0. The predicted octanol–water partition coefficient (Wildman–Crippen LogP) is 2.40. The van der Waals surface area contributed by atoms with Gasteiger partial charge in [-0.05, 0) is 12.1 Å². The van der Waals surface area contributed by atoms with E-state index in [9.17, 15) is 0 Å². The molecule has 0 aliphatic carbocycles. The molecular formula is C13H15N5S. The van der Waals surface area contributed by atoms with Crippen molar-refractivity contribution < 1.29 is 0 Å². The number of fused-ring (bicyclic) bond motifs is 1. The standard InChI is InChI=1S/C13H15N5S/c1-2-11-15-16-13-18(11)17-12(19-13)8-9-14-10-6-4-3-5-7-10/h3-7,14H,2,8-9H2,1H3. The van der Waals surface area contributed by atoms with Crippen LogP contribution in [0.5, 0.6) is 0 Å². The van der Waals surface area contributed by atoms with Crippen LogP contribution in [0.3, 0.4) is 0 Å². The second-order valence-corrected chi connectivity index (χ2v) is 5.24. The van der Waals surface area contributed by atoms with E-state index in [0.717, 1.165) is 40.9 Å². The Balaban J connectivity index is 1.64. The summed E-state index contributed by atoms with van der Waals surface area (Å²) >= 11 is 1.61. The number of nitrogens with one attached hydrogen (secondary N) is 1. The van der Waals surface area contributed by atoms with Crippen LogP contribution in [0.25, 0.3) is 4.96 Å². The van der Waals surface area contributed by atoms with E-state index >= 15 is 0 Å². The van der Waals surface area contributed by atoms with Gasteiger partial charge in [-0.15, -0.1) is 10.2 Å². The van der Waals surface area contributed by atoms with Gasteiger partial charge in [-0.2, -0.15) is 9.61 Å². The van der Waals surface area contributed by atoms with Crippen LogP contribution in [-0.2, 0) is 12.8 Å². The third-order valence-electron chi connectivity index (χ3n) is 2.86. The molecule has 0 aliphatic rings. The van der Waals surface area contributed by atoms with Gasteiger partial charge in [0.2, 0.25) is 4.96 Å². The maximum atomic E-state index is 4.54. The average Bonchev–Trinajstić information content (AvgIpc) is 2.99. The molecule has 0 atom stereocenters. The summed E-state index contributed by atoms with van der Waals surface area (Å²) < 4.78 is 1.85. The summed E-state index contributed by atoms with van der Waals surface area (Å²) in [5.41, 5.74) is 1.14. The van der Waals surface area contributed by atoms with Gasteiger partial charge in [-0.25, -0.2) is 0 Å². The molecule has 0 saturated carbocycles. The maximum Gasteiger partial charge on any atom is 0.234 e. The molecule has 0 unspecified atom stereocenters. The van der Waals surface area contributed by atoms with E-state index in [1.54, 1.807) is 11.3 Å². The second kappa shape index (κ2) is 5.36. The van der Waals surface area contributed by atoms with Gasteiger partial charge in [-0.1, -0.05) is 36.5 Å². The molecule has 0 spiro atoms. The van der Waals surface area contributed by atoms with Crippen molar-refractivity contribution in [3.8, 4) is 0 Å². The Morgan fingerprint density at radius 3 is 2.84 bits per heavy atom. The fourth-order valence-electron chi connectivity index (χ4n) is 1.89. The van der Waals surface area contributed by atoms with Crippen molar-refractivity contribution in [2.24, 2.45) is 0 Å². The number of anilines is 1. The molecule has 98 valence electrons. The number of para-hydroxylation sites is 1. The summed E-state index contributed by atoms with van der Waals surface area (Å²) in [5.74, 6) is 0.925. The highest BCUT2D eigenvalue weighted by Crippen LogP contribution is 2.15. The van der Waals surface area contributed by atoms with Crippen LogP contribution >= 0.6 is 11.3 Å². The second-order valence-electron chi connectivity index (χ2n) is 4.20. The lowest BCUT2D eigenvalue weighted by atomic mass is 10.3. The minimum absolute atomic E-state index is 0.854. The molecular weight excluding hydrogens is 258 g/mol. The minimum atomic E-state index is 0.854. The first-order valence-electron chi connectivity index (χ1n) is 6.35. The third-order valence-corrected chi connectivity index (χ3v) is 3.81. The molecule has 0 amide bonds. The summed E-state index contributed by atoms with van der Waals surface area (Å²) in [5, 5.41) is 17.2. The fourth-order valence-corrected chi connectivity index (χ4v) is 2.74. The van der Waals surface area contributed by atoms with Gasteiger partial charge in [0.25, 0.3) is 0 Å². The molecule has 0 radical (unpaired) electrons. The Morgan fingerprint density at radius 1 is 1.21 bits per heavy atom. The number of rotatable bonds is 5. The van der Waals surface area contributed by atoms with Crippen LogP contribution in [0.4, 0.5) is 5.69 Å². The Morgan fingerprint density at radius 2 is 2.05 bits per heavy atom. The molecule has 1 N–H and O–H groups in total. The quantitative estimate of drug-likeness (QED) is 0.775. The van der Waals surface area contributed by atoms with Crippen LogP contribution in [-0.4, -0.2) is 26.4 Å². The van der Waals surface area contributed by atoms with E-state index in [1.165, 1.54) is 0 Å². The van der Waals surface area contributed by atoms with Crippen molar-refractivity contribution in [3.05, 3.63) is 41.2 Å². The van der Waals surface area contributed by atoms with Gasteiger partial charge < -0.3 is 5.32 Å².